The second kappa shape index (κ2) is 8.89. The molecule has 0 aromatic heterocycles. The third-order valence-electron chi connectivity index (χ3n) is 5.31. The Kier molecular flexibility index (Phi) is 6.31. The molecule has 8 heteroatoms. The van der Waals surface area contributed by atoms with Gasteiger partial charge in [-0.1, -0.05) is 18.2 Å². The van der Waals surface area contributed by atoms with Crippen molar-refractivity contribution in [3.05, 3.63) is 36.4 Å². The van der Waals surface area contributed by atoms with Gasteiger partial charge in [-0.15, -0.1) is 0 Å². The van der Waals surface area contributed by atoms with Crippen LogP contribution in [-0.4, -0.2) is 60.7 Å². The summed E-state index contributed by atoms with van der Waals surface area (Å²) in [4.78, 5) is 51.9. The average molecular weight is 399 g/mol. The van der Waals surface area contributed by atoms with E-state index in [-0.39, 0.29) is 55.0 Å². The van der Waals surface area contributed by atoms with Crippen molar-refractivity contribution in [3.63, 3.8) is 0 Å². The van der Waals surface area contributed by atoms with Gasteiger partial charge in [0.2, 0.25) is 23.6 Å². The number of nitrogens with one attached hydrogen (secondary N) is 1. The van der Waals surface area contributed by atoms with E-state index in [4.69, 9.17) is 4.74 Å². The molecule has 8 nitrogen and oxygen atoms in total. The van der Waals surface area contributed by atoms with Gasteiger partial charge in [-0.25, -0.2) is 0 Å². The number of rotatable bonds is 7. The summed E-state index contributed by atoms with van der Waals surface area (Å²) in [6.45, 7) is -0.0849. The molecule has 0 spiro atoms. The molecule has 154 valence electrons. The molecule has 1 aromatic carbocycles. The quantitative estimate of drug-likeness (QED) is 0.553. The number of amides is 4. The average Bonchev–Trinajstić information content (AvgIpc) is 2.96. The van der Waals surface area contributed by atoms with Crippen molar-refractivity contribution in [2.75, 3.05) is 32.6 Å². The lowest BCUT2D eigenvalue weighted by Gasteiger charge is -2.19. The van der Waals surface area contributed by atoms with Gasteiger partial charge in [0.15, 0.2) is 0 Å². The number of methoxy groups -OCH3 is 1. The van der Waals surface area contributed by atoms with Crippen molar-refractivity contribution >= 4 is 29.3 Å². The topological polar surface area (TPSA) is 96.0 Å². The first-order valence-corrected chi connectivity index (χ1v) is 9.58. The van der Waals surface area contributed by atoms with Crippen LogP contribution in [0.2, 0.25) is 0 Å². The van der Waals surface area contributed by atoms with Gasteiger partial charge in [0.25, 0.3) is 0 Å². The van der Waals surface area contributed by atoms with Crippen LogP contribution in [0.3, 0.4) is 0 Å². The van der Waals surface area contributed by atoms with E-state index in [2.05, 4.69) is 5.32 Å². The predicted molar refractivity (Wildman–Crippen MR) is 106 cm³/mol. The minimum Gasteiger partial charge on any atom is -0.497 e. The number of allylic oxidation sites excluding steroid dienone is 2. The van der Waals surface area contributed by atoms with Crippen molar-refractivity contribution in [2.45, 2.75) is 19.3 Å². The zero-order valence-electron chi connectivity index (χ0n) is 16.6. The maximum Gasteiger partial charge on any atom is 0.243 e. The van der Waals surface area contributed by atoms with Crippen LogP contribution in [0.1, 0.15) is 19.3 Å². The molecule has 1 aromatic rings. The monoisotopic (exact) mass is 399 g/mol. The van der Waals surface area contributed by atoms with Crippen LogP contribution in [0.25, 0.3) is 0 Å². The van der Waals surface area contributed by atoms with E-state index in [0.717, 1.165) is 0 Å². The van der Waals surface area contributed by atoms with E-state index < -0.39 is 0 Å². The standard InChI is InChI=1S/C21H25N3O5/c1-23(13-18(25)22-14-6-5-7-15(12-14)29-2)19(26)10-11-24-20(27)16-8-3-4-9-17(16)21(24)28/h3-7,12,16-17H,8-11,13H2,1-2H3,(H,22,25)/t16-,17-/m1/s1. The molecule has 29 heavy (non-hydrogen) atoms. The minimum atomic E-state index is -0.348. The molecule has 1 aliphatic carbocycles. The van der Waals surface area contributed by atoms with Crippen LogP contribution in [0.15, 0.2) is 36.4 Å². The van der Waals surface area contributed by atoms with E-state index in [1.807, 2.05) is 12.2 Å². The number of likely N-dealkylation sites (tertiary alicyclic amines) is 1. The van der Waals surface area contributed by atoms with E-state index in [0.29, 0.717) is 24.3 Å². The molecule has 2 aliphatic rings. The Hall–Kier alpha value is -3.16. The SMILES string of the molecule is COc1cccc(NC(=O)CN(C)C(=O)CCN2C(=O)[C@@H]3CC=CC[C@H]3C2=O)c1. The van der Waals surface area contributed by atoms with Gasteiger partial charge < -0.3 is 15.0 Å². The van der Waals surface area contributed by atoms with Gasteiger partial charge in [0.05, 0.1) is 25.5 Å². The van der Waals surface area contributed by atoms with E-state index in [9.17, 15) is 19.2 Å². The molecule has 0 radical (unpaired) electrons. The number of nitrogens with zero attached hydrogens (tertiary/aromatic N) is 2. The number of likely N-dealkylation sites (N-methyl/N-ethyl adjacent to an activating group) is 1. The van der Waals surface area contributed by atoms with Crippen LogP contribution >= 0.6 is 0 Å². The molecule has 2 atom stereocenters. The van der Waals surface area contributed by atoms with Crippen molar-refractivity contribution < 1.29 is 23.9 Å². The molecule has 1 fully saturated rings. The lowest BCUT2D eigenvalue weighted by Crippen LogP contribution is -2.38. The highest BCUT2D eigenvalue weighted by Gasteiger charge is 2.46. The summed E-state index contributed by atoms with van der Waals surface area (Å²) in [5.74, 6) is -1.03. The first-order valence-electron chi connectivity index (χ1n) is 9.58. The Morgan fingerprint density at radius 1 is 1.17 bits per heavy atom. The second-order valence-corrected chi connectivity index (χ2v) is 7.26. The lowest BCUT2D eigenvalue weighted by atomic mass is 9.85. The highest BCUT2D eigenvalue weighted by atomic mass is 16.5. The predicted octanol–water partition coefficient (Wildman–Crippen LogP) is 1.43. The summed E-state index contributed by atoms with van der Waals surface area (Å²) >= 11 is 0. The van der Waals surface area contributed by atoms with Gasteiger partial charge >= 0.3 is 0 Å². The number of fused-ring (bicyclic) bond motifs is 1. The summed E-state index contributed by atoms with van der Waals surface area (Å²) in [6, 6.07) is 6.92. The lowest BCUT2D eigenvalue weighted by molar-refractivity contribution is -0.141. The van der Waals surface area contributed by atoms with Gasteiger partial charge in [0.1, 0.15) is 5.75 Å². The number of anilines is 1. The second-order valence-electron chi connectivity index (χ2n) is 7.26. The minimum absolute atomic E-state index is 0.00666. The first kappa shape index (κ1) is 20.6. The zero-order chi connectivity index (χ0) is 21.0. The molecule has 1 N–H and O–H groups in total. The Balaban J connectivity index is 1.48. The number of imide groups is 1. The van der Waals surface area contributed by atoms with Crippen molar-refractivity contribution in [3.8, 4) is 5.75 Å². The summed E-state index contributed by atoms with van der Waals surface area (Å²) in [7, 11) is 3.06. The number of carbonyl (C=O) groups excluding carboxylic acids is 4. The molecule has 0 bridgehead atoms. The van der Waals surface area contributed by atoms with Crippen molar-refractivity contribution in [1.82, 2.24) is 9.80 Å². The summed E-state index contributed by atoms with van der Waals surface area (Å²) in [6.07, 6.45) is 4.99. The normalized spacial score (nSPS) is 20.4. The highest BCUT2D eigenvalue weighted by Crippen LogP contribution is 2.35. The molecule has 0 saturated carbocycles. The van der Waals surface area contributed by atoms with Crippen LogP contribution in [0, 0.1) is 11.8 Å². The van der Waals surface area contributed by atoms with Crippen molar-refractivity contribution in [2.24, 2.45) is 11.8 Å². The van der Waals surface area contributed by atoms with E-state index in [1.165, 1.54) is 24.0 Å². The van der Waals surface area contributed by atoms with Gasteiger partial charge in [-0.2, -0.15) is 0 Å². The maximum absolute atomic E-state index is 12.4. The smallest absolute Gasteiger partial charge is 0.243 e. The summed E-state index contributed by atoms with van der Waals surface area (Å²) in [5, 5.41) is 2.71. The Morgan fingerprint density at radius 3 is 2.45 bits per heavy atom. The Labute approximate surface area is 169 Å². The zero-order valence-corrected chi connectivity index (χ0v) is 16.6. The van der Waals surface area contributed by atoms with Gasteiger partial charge in [-0.3, -0.25) is 24.1 Å². The molecule has 1 heterocycles. The molecule has 4 amide bonds. The molecule has 1 aliphatic heterocycles. The summed E-state index contributed by atoms with van der Waals surface area (Å²) in [5.41, 5.74) is 0.569. The fourth-order valence-electron chi connectivity index (χ4n) is 3.69. The van der Waals surface area contributed by atoms with Crippen LogP contribution in [-0.2, 0) is 19.2 Å². The van der Waals surface area contributed by atoms with Crippen molar-refractivity contribution in [1.29, 1.82) is 0 Å². The molecular formula is C21H25N3O5. The number of hydrogen-bond donors (Lipinski definition) is 1. The fraction of sp³-hybridized carbons (Fsp3) is 0.429. The fourth-order valence-corrected chi connectivity index (χ4v) is 3.69. The number of hydrogen-bond acceptors (Lipinski definition) is 5. The van der Waals surface area contributed by atoms with E-state index >= 15 is 0 Å². The highest BCUT2D eigenvalue weighted by molar-refractivity contribution is 6.05. The van der Waals surface area contributed by atoms with Crippen LogP contribution in [0.5, 0.6) is 5.75 Å². The molecule has 3 rings (SSSR count). The maximum atomic E-state index is 12.4. The third-order valence-corrected chi connectivity index (χ3v) is 5.31. The van der Waals surface area contributed by atoms with E-state index in [1.54, 1.807) is 24.3 Å². The molecule has 0 unspecified atom stereocenters. The Bertz CT molecular complexity index is 824. The van der Waals surface area contributed by atoms with Gasteiger partial charge in [-0.05, 0) is 25.0 Å². The Morgan fingerprint density at radius 2 is 1.83 bits per heavy atom. The molecular weight excluding hydrogens is 374 g/mol. The first-order chi connectivity index (χ1) is 13.9. The van der Waals surface area contributed by atoms with Crippen LogP contribution < -0.4 is 10.1 Å². The largest absolute Gasteiger partial charge is 0.497 e. The number of carbonyl (C=O) groups is 4. The number of ether oxygens (including phenoxy) is 1. The van der Waals surface area contributed by atoms with Crippen LogP contribution in [0.4, 0.5) is 5.69 Å². The molecule has 1 saturated heterocycles. The van der Waals surface area contributed by atoms with Gasteiger partial charge in [0, 0.05) is 31.8 Å². The third kappa shape index (κ3) is 4.64. The number of benzene rings is 1. The summed E-state index contributed by atoms with van der Waals surface area (Å²) < 4.78 is 5.11.